The Hall–Kier alpha value is -2.15. The summed E-state index contributed by atoms with van der Waals surface area (Å²) in [6.07, 6.45) is 0.204. The zero-order valence-electron chi connectivity index (χ0n) is 11.3. The summed E-state index contributed by atoms with van der Waals surface area (Å²) < 4.78 is 5.11. The van der Waals surface area contributed by atoms with Gasteiger partial charge in [-0.2, -0.15) is 0 Å². The standard InChI is InChI=1S/C14H16N2O5/c17-14(18)21-13-10-5-7-15(8-6-10)12(13)9-1-3-11(4-2-9)16(19)20/h1-4,10,12-13H,5-8H2,(H,17,18). The van der Waals surface area contributed by atoms with Crippen molar-refractivity contribution in [1.82, 2.24) is 4.90 Å². The van der Waals surface area contributed by atoms with E-state index in [9.17, 15) is 14.9 Å². The maximum Gasteiger partial charge on any atom is 0.506 e. The van der Waals surface area contributed by atoms with Crippen LogP contribution in [0.3, 0.4) is 0 Å². The first-order valence-electron chi connectivity index (χ1n) is 6.94. The summed E-state index contributed by atoms with van der Waals surface area (Å²) in [5, 5.41) is 19.7. The molecule has 7 heteroatoms. The summed E-state index contributed by atoms with van der Waals surface area (Å²) in [5.41, 5.74) is 0.904. The van der Waals surface area contributed by atoms with Crippen LogP contribution in [0.15, 0.2) is 24.3 Å². The summed E-state index contributed by atoms with van der Waals surface area (Å²) in [6, 6.07) is 6.16. The second kappa shape index (κ2) is 5.33. The summed E-state index contributed by atoms with van der Waals surface area (Å²) >= 11 is 0. The van der Waals surface area contributed by atoms with Gasteiger partial charge in [0.1, 0.15) is 6.10 Å². The van der Waals surface area contributed by atoms with Gasteiger partial charge in [-0.05, 0) is 31.5 Å². The van der Waals surface area contributed by atoms with Gasteiger partial charge in [0.15, 0.2) is 0 Å². The molecule has 7 nitrogen and oxygen atoms in total. The molecule has 1 aromatic rings. The topological polar surface area (TPSA) is 92.9 Å². The highest BCUT2D eigenvalue weighted by molar-refractivity contribution is 5.57. The maximum absolute atomic E-state index is 10.9. The Labute approximate surface area is 121 Å². The fraction of sp³-hybridized carbons (Fsp3) is 0.500. The molecule has 112 valence electrons. The van der Waals surface area contributed by atoms with E-state index < -0.39 is 17.2 Å². The first-order valence-corrected chi connectivity index (χ1v) is 6.94. The molecular weight excluding hydrogens is 276 g/mol. The average Bonchev–Trinajstić information content (AvgIpc) is 2.48. The van der Waals surface area contributed by atoms with Crippen LogP contribution >= 0.6 is 0 Å². The van der Waals surface area contributed by atoms with Crippen molar-refractivity contribution in [3.05, 3.63) is 39.9 Å². The maximum atomic E-state index is 10.9. The predicted molar refractivity (Wildman–Crippen MR) is 73.0 cm³/mol. The van der Waals surface area contributed by atoms with E-state index in [1.165, 1.54) is 12.1 Å². The molecule has 0 spiro atoms. The molecule has 2 unspecified atom stereocenters. The molecule has 0 amide bonds. The van der Waals surface area contributed by atoms with Crippen molar-refractivity contribution in [2.24, 2.45) is 5.92 Å². The van der Waals surface area contributed by atoms with Crippen molar-refractivity contribution in [2.75, 3.05) is 13.1 Å². The van der Waals surface area contributed by atoms with Crippen LogP contribution in [0.1, 0.15) is 24.4 Å². The highest BCUT2D eigenvalue weighted by Gasteiger charge is 2.45. The Morgan fingerprint density at radius 1 is 1.29 bits per heavy atom. The first-order chi connectivity index (χ1) is 10.1. The normalized spacial score (nSPS) is 30.9. The Bertz CT molecular complexity index is 551. The van der Waals surface area contributed by atoms with Crippen LogP contribution < -0.4 is 0 Å². The van der Waals surface area contributed by atoms with Crippen LogP contribution in [-0.4, -0.2) is 40.3 Å². The minimum absolute atomic E-state index is 0.0328. The molecule has 4 rings (SSSR count). The Kier molecular flexibility index (Phi) is 3.50. The van der Waals surface area contributed by atoms with Gasteiger partial charge in [0.05, 0.1) is 11.0 Å². The number of carboxylic acid groups (broad SMARTS) is 1. The van der Waals surface area contributed by atoms with E-state index in [4.69, 9.17) is 9.84 Å². The summed E-state index contributed by atoms with van der Waals surface area (Å²) in [4.78, 5) is 23.4. The molecule has 0 aliphatic carbocycles. The Morgan fingerprint density at radius 2 is 1.90 bits per heavy atom. The van der Waals surface area contributed by atoms with Crippen LogP contribution in [0, 0.1) is 16.0 Å². The molecule has 1 aromatic carbocycles. The fourth-order valence-corrected chi connectivity index (χ4v) is 3.46. The van der Waals surface area contributed by atoms with Crippen molar-refractivity contribution in [1.29, 1.82) is 0 Å². The monoisotopic (exact) mass is 292 g/mol. The lowest BCUT2D eigenvalue weighted by Gasteiger charge is -2.49. The van der Waals surface area contributed by atoms with E-state index in [0.717, 1.165) is 31.5 Å². The number of nitrogens with zero attached hydrogens (tertiary/aromatic N) is 2. The predicted octanol–water partition coefficient (Wildman–Crippen LogP) is 2.42. The van der Waals surface area contributed by atoms with E-state index in [-0.39, 0.29) is 17.6 Å². The molecule has 3 saturated heterocycles. The molecule has 1 N–H and O–H groups in total. The van der Waals surface area contributed by atoms with Gasteiger partial charge in [-0.25, -0.2) is 4.79 Å². The second-order valence-corrected chi connectivity index (χ2v) is 5.52. The van der Waals surface area contributed by atoms with E-state index in [1.807, 2.05) is 0 Å². The molecule has 3 heterocycles. The number of nitro groups is 1. The second-order valence-electron chi connectivity index (χ2n) is 5.52. The molecule has 0 saturated carbocycles. The van der Waals surface area contributed by atoms with Gasteiger partial charge < -0.3 is 9.84 Å². The van der Waals surface area contributed by atoms with Crippen LogP contribution in [0.2, 0.25) is 0 Å². The molecule has 3 aliphatic heterocycles. The number of ether oxygens (including phenoxy) is 1. The smallest absolute Gasteiger partial charge is 0.450 e. The number of nitro benzene ring substituents is 1. The van der Waals surface area contributed by atoms with Gasteiger partial charge in [-0.3, -0.25) is 15.0 Å². The molecule has 3 aliphatic rings. The van der Waals surface area contributed by atoms with Gasteiger partial charge in [-0.1, -0.05) is 12.1 Å². The highest BCUT2D eigenvalue weighted by Crippen LogP contribution is 2.42. The molecule has 3 fully saturated rings. The number of hydrogen-bond donors (Lipinski definition) is 1. The minimum Gasteiger partial charge on any atom is -0.450 e. The lowest BCUT2D eigenvalue weighted by Crippen LogP contribution is -2.54. The zero-order chi connectivity index (χ0) is 15.0. The molecule has 2 bridgehead atoms. The van der Waals surface area contributed by atoms with E-state index in [1.54, 1.807) is 12.1 Å². The van der Waals surface area contributed by atoms with Gasteiger partial charge in [-0.15, -0.1) is 0 Å². The Balaban J connectivity index is 1.89. The van der Waals surface area contributed by atoms with Crippen LogP contribution in [-0.2, 0) is 4.74 Å². The summed E-state index contributed by atoms with van der Waals surface area (Å²) in [6.45, 7) is 1.82. The van der Waals surface area contributed by atoms with E-state index >= 15 is 0 Å². The third-order valence-electron chi connectivity index (χ3n) is 4.43. The Morgan fingerprint density at radius 3 is 2.43 bits per heavy atom. The van der Waals surface area contributed by atoms with E-state index in [2.05, 4.69) is 4.90 Å². The van der Waals surface area contributed by atoms with E-state index in [0.29, 0.717) is 0 Å². The van der Waals surface area contributed by atoms with Crippen LogP contribution in [0.5, 0.6) is 0 Å². The number of piperidine rings is 3. The van der Waals surface area contributed by atoms with Crippen molar-refractivity contribution in [2.45, 2.75) is 25.0 Å². The number of rotatable bonds is 3. The fourth-order valence-electron chi connectivity index (χ4n) is 3.46. The van der Waals surface area contributed by atoms with Crippen molar-refractivity contribution in [3.63, 3.8) is 0 Å². The SMILES string of the molecule is O=C(O)OC1C2CCN(CC2)C1c1ccc([N+](=O)[O-])cc1. The third kappa shape index (κ3) is 2.56. The molecular formula is C14H16N2O5. The van der Waals surface area contributed by atoms with Crippen LogP contribution in [0.25, 0.3) is 0 Å². The first kappa shape index (κ1) is 13.8. The molecule has 0 radical (unpaired) electrons. The number of fused-ring (bicyclic) bond motifs is 3. The van der Waals surface area contributed by atoms with Crippen molar-refractivity contribution < 1.29 is 19.6 Å². The van der Waals surface area contributed by atoms with Gasteiger partial charge in [0, 0.05) is 18.1 Å². The number of non-ortho nitro benzene ring substituents is 1. The average molecular weight is 292 g/mol. The molecule has 21 heavy (non-hydrogen) atoms. The van der Waals surface area contributed by atoms with Gasteiger partial charge >= 0.3 is 6.16 Å². The molecule has 0 aromatic heterocycles. The lowest BCUT2D eigenvalue weighted by atomic mass is 9.78. The number of carbonyl (C=O) groups is 1. The number of benzene rings is 1. The molecule has 2 atom stereocenters. The number of hydrogen-bond acceptors (Lipinski definition) is 5. The lowest BCUT2D eigenvalue weighted by molar-refractivity contribution is -0.384. The highest BCUT2D eigenvalue weighted by atomic mass is 16.7. The summed E-state index contributed by atoms with van der Waals surface area (Å²) in [7, 11) is 0. The quantitative estimate of drug-likeness (QED) is 0.522. The third-order valence-corrected chi connectivity index (χ3v) is 4.43. The van der Waals surface area contributed by atoms with Crippen molar-refractivity contribution >= 4 is 11.8 Å². The largest absolute Gasteiger partial charge is 0.506 e. The summed E-state index contributed by atoms with van der Waals surface area (Å²) in [5.74, 6) is 0.228. The zero-order valence-corrected chi connectivity index (χ0v) is 11.3. The van der Waals surface area contributed by atoms with Crippen LogP contribution in [0.4, 0.5) is 10.5 Å². The van der Waals surface area contributed by atoms with Gasteiger partial charge in [0.25, 0.3) is 5.69 Å². The minimum atomic E-state index is -1.26. The van der Waals surface area contributed by atoms with Gasteiger partial charge in [0.2, 0.25) is 0 Å². The van der Waals surface area contributed by atoms with Crippen molar-refractivity contribution in [3.8, 4) is 0 Å².